The van der Waals surface area contributed by atoms with Crippen LogP contribution in [0.3, 0.4) is 0 Å². The lowest BCUT2D eigenvalue weighted by Crippen LogP contribution is -2.37. The van der Waals surface area contributed by atoms with Crippen LogP contribution in [0.2, 0.25) is 0 Å². The van der Waals surface area contributed by atoms with Crippen LogP contribution in [0.5, 0.6) is 0 Å². The molecule has 1 rings (SSSR count). The lowest BCUT2D eigenvalue weighted by atomic mass is 10.1. The molecule has 0 aliphatic heterocycles. The molecule has 5 heteroatoms. The highest BCUT2D eigenvalue weighted by Crippen LogP contribution is 2.23. The second-order valence-electron chi connectivity index (χ2n) is 5.86. The third kappa shape index (κ3) is 4.51. The molecule has 2 N–H and O–H groups in total. The molecule has 5 nitrogen and oxygen atoms in total. The lowest BCUT2D eigenvalue weighted by molar-refractivity contribution is 0.0883. The molecule has 0 radical (unpaired) electrons. The van der Waals surface area contributed by atoms with Crippen LogP contribution in [0.4, 0.5) is 5.82 Å². The molecule has 0 bridgehead atoms. The van der Waals surface area contributed by atoms with Crippen molar-refractivity contribution in [3.05, 3.63) is 11.3 Å². The first-order valence-corrected chi connectivity index (χ1v) is 6.93. The third-order valence-electron chi connectivity index (χ3n) is 3.03. The van der Waals surface area contributed by atoms with E-state index >= 15 is 0 Å². The standard InChI is InChI=1S/C14H28N4O/c1-7-8-15-9-12-11(2)16-18(6)13(12)17(5)10-14(3,4)19/h15,19H,7-10H2,1-6H3. The summed E-state index contributed by atoms with van der Waals surface area (Å²) in [4.78, 5) is 2.07. The molecule has 0 aromatic carbocycles. The summed E-state index contributed by atoms with van der Waals surface area (Å²) in [5.74, 6) is 1.07. The average Bonchev–Trinajstić information content (AvgIpc) is 2.51. The molecular formula is C14H28N4O. The Hall–Kier alpha value is -1.07. The quantitative estimate of drug-likeness (QED) is 0.735. The molecule has 1 aromatic heterocycles. The molecule has 110 valence electrons. The largest absolute Gasteiger partial charge is 0.389 e. The summed E-state index contributed by atoms with van der Waals surface area (Å²) in [6.45, 7) is 10.2. The maximum Gasteiger partial charge on any atom is 0.131 e. The van der Waals surface area contributed by atoms with Crippen LogP contribution >= 0.6 is 0 Å². The SMILES string of the molecule is CCCNCc1c(C)nn(C)c1N(C)CC(C)(C)O. The van der Waals surface area contributed by atoms with Gasteiger partial charge in [-0.2, -0.15) is 5.10 Å². The molecule has 0 unspecified atom stereocenters. The van der Waals surface area contributed by atoms with Gasteiger partial charge in [0.15, 0.2) is 0 Å². The molecule has 0 aliphatic carbocycles. The van der Waals surface area contributed by atoms with Crippen molar-refractivity contribution in [1.29, 1.82) is 0 Å². The normalized spacial score (nSPS) is 11.9. The Morgan fingerprint density at radius 3 is 2.58 bits per heavy atom. The lowest BCUT2D eigenvalue weighted by Gasteiger charge is -2.28. The predicted molar refractivity (Wildman–Crippen MR) is 79.5 cm³/mol. The maximum atomic E-state index is 9.97. The summed E-state index contributed by atoms with van der Waals surface area (Å²) >= 11 is 0. The van der Waals surface area contributed by atoms with Gasteiger partial charge in [-0.3, -0.25) is 4.68 Å². The first-order chi connectivity index (χ1) is 8.76. The first kappa shape index (κ1) is 16.0. The van der Waals surface area contributed by atoms with Crippen LogP contribution in [-0.4, -0.2) is 40.6 Å². The van der Waals surface area contributed by atoms with Crippen molar-refractivity contribution >= 4 is 5.82 Å². The third-order valence-corrected chi connectivity index (χ3v) is 3.03. The Balaban J connectivity index is 2.92. The van der Waals surface area contributed by atoms with Gasteiger partial charge in [0.1, 0.15) is 5.82 Å². The van der Waals surface area contributed by atoms with Gasteiger partial charge in [-0.05, 0) is 33.7 Å². The summed E-state index contributed by atoms with van der Waals surface area (Å²) in [5, 5.41) is 17.9. The number of nitrogens with zero attached hydrogens (tertiary/aromatic N) is 3. The van der Waals surface area contributed by atoms with Crippen molar-refractivity contribution in [3.8, 4) is 0 Å². The molecule has 0 aliphatic rings. The molecule has 19 heavy (non-hydrogen) atoms. The van der Waals surface area contributed by atoms with Crippen LogP contribution in [-0.2, 0) is 13.6 Å². The van der Waals surface area contributed by atoms with Crippen molar-refractivity contribution in [2.24, 2.45) is 7.05 Å². The highest BCUT2D eigenvalue weighted by atomic mass is 16.3. The summed E-state index contributed by atoms with van der Waals surface area (Å²) in [6.07, 6.45) is 1.12. The highest BCUT2D eigenvalue weighted by molar-refractivity contribution is 5.49. The minimum Gasteiger partial charge on any atom is -0.389 e. The van der Waals surface area contributed by atoms with Gasteiger partial charge >= 0.3 is 0 Å². The van der Waals surface area contributed by atoms with Crippen LogP contribution in [0, 0.1) is 6.92 Å². The average molecular weight is 268 g/mol. The molecule has 0 atom stereocenters. The maximum absolute atomic E-state index is 9.97. The fourth-order valence-corrected chi connectivity index (χ4v) is 2.42. The minimum absolute atomic E-state index is 0.576. The zero-order valence-corrected chi connectivity index (χ0v) is 13.1. The minimum atomic E-state index is -0.721. The second-order valence-corrected chi connectivity index (χ2v) is 5.86. The first-order valence-electron chi connectivity index (χ1n) is 6.93. The van der Waals surface area contributed by atoms with Gasteiger partial charge < -0.3 is 15.3 Å². The Kier molecular flexibility index (Phi) is 5.38. The van der Waals surface area contributed by atoms with E-state index in [0.29, 0.717) is 6.54 Å². The Morgan fingerprint density at radius 2 is 2.05 bits per heavy atom. The fraction of sp³-hybridized carbons (Fsp3) is 0.786. The fourth-order valence-electron chi connectivity index (χ4n) is 2.42. The van der Waals surface area contributed by atoms with E-state index in [1.54, 1.807) is 0 Å². The molecule has 1 heterocycles. The van der Waals surface area contributed by atoms with Gasteiger partial charge in [0.2, 0.25) is 0 Å². The summed E-state index contributed by atoms with van der Waals surface area (Å²) < 4.78 is 1.89. The number of likely N-dealkylation sites (N-methyl/N-ethyl adjacent to an activating group) is 1. The summed E-state index contributed by atoms with van der Waals surface area (Å²) in [6, 6.07) is 0. The van der Waals surface area contributed by atoms with E-state index in [-0.39, 0.29) is 0 Å². The molecule has 0 fully saturated rings. The summed E-state index contributed by atoms with van der Waals surface area (Å²) in [5.41, 5.74) is 1.53. The monoisotopic (exact) mass is 268 g/mol. The van der Waals surface area contributed by atoms with E-state index in [9.17, 15) is 5.11 Å². The Labute approximate surface area is 116 Å². The van der Waals surface area contributed by atoms with E-state index in [2.05, 4.69) is 22.2 Å². The number of rotatable bonds is 7. The van der Waals surface area contributed by atoms with Crippen molar-refractivity contribution in [2.75, 3.05) is 25.0 Å². The number of hydrogen-bond acceptors (Lipinski definition) is 4. The van der Waals surface area contributed by atoms with E-state index < -0.39 is 5.60 Å². The predicted octanol–water partition coefficient (Wildman–Crippen LogP) is 1.44. The smallest absolute Gasteiger partial charge is 0.131 e. The van der Waals surface area contributed by atoms with Gasteiger partial charge in [-0.25, -0.2) is 0 Å². The number of aromatic nitrogens is 2. The van der Waals surface area contributed by atoms with Crippen molar-refractivity contribution in [1.82, 2.24) is 15.1 Å². The molecule has 0 amide bonds. The zero-order valence-electron chi connectivity index (χ0n) is 13.1. The van der Waals surface area contributed by atoms with E-state index in [1.807, 2.05) is 39.5 Å². The zero-order chi connectivity index (χ0) is 14.6. The molecule has 1 aromatic rings. The van der Waals surface area contributed by atoms with Crippen LogP contribution in [0.15, 0.2) is 0 Å². The van der Waals surface area contributed by atoms with Crippen molar-refractivity contribution in [3.63, 3.8) is 0 Å². The van der Waals surface area contributed by atoms with E-state index in [0.717, 1.165) is 31.0 Å². The Morgan fingerprint density at radius 1 is 1.42 bits per heavy atom. The molecule has 0 saturated heterocycles. The van der Waals surface area contributed by atoms with Crippen molar-refractivity contribution in [2.45, 2.75) is 46.3 Å². The van der Waals surface area contributed by atoms with Crippen LogP contribution in [0.25, 0.3) is 0 Å². The number of hydrogen-bond donors (Lipinski definition) is 2. The van der Waals surface area contributed by atoms with Crippen LogP contribution < -0.4 is 10.2 Å². The van der Waals surface area contributed by atoms with Gasteiger partial charge in [-0.15, -0.1) is 0 Å². The molecule has 0 spiro atoms. The van der Waals surface area contributed by atoms with E-state index in [1.165, 1.54) is 5.56 Å². The second kappa shape index (κ2) is 6.39. The number of nitrogens with one attached hydrogen (secondary N) is 1. The number of anilines is 1. The number of aryl methyl sites for hydroxylation is 2. The Bertz CT molecular complexity index is 406. The topological polar surface area (TPSA) is 53.3 Å². The van der Waals surface area contributed by atoms with Gasteiger partial charge in [0.25, 0.3) is 0 Å². The molecule has 0 saturated carbocycles. The highest BCUT2D eigenvalue weighted by Gasteiger charge is 2.21. The number of aliphatic hydroxyl groups is 1. The van der Waals surface area contributed by atoms with Crippen LogP contribution in [0.1, 0.15) is 38.4 Å². The van der Waals surface area contributed by atoms with E-state index in [4.69, 9.17) is 0 Å². The van der Waals surface area contributed by atoms with Gasteiger partial charge in [0, 0.05) is 32.7 Å². The summed E-state index contributed by atoms with van der Waals surface area (Å²) in [7, 11) is 3.95. The molecular weight excluding hydrogens is 240 g/mol. The van der Waals surface area contributed by atoms with Gasteiger partial charge in [-0.1, -0.05) is 6.92 Å². The van der Waals surface area contributed by atoms with Gasteiger partial charge in [0.05, 0.1) is 11.3 Å². The van der Waals surface area contributed by atoms with Crippen molar-refractivity contribution < 1.29 is 5.11 Å².